The minimum atomic E-state index is -3.37. The first kappa shape index (κ1) is 15.7. The van der Waals surface area contributed by atoms with Crippen LogP contribution in [0.2, 0.25) is 0 Å². The van der Waals surface area contributed by atoms with Gasteiger partial charge in [-0.25, -0.2) is 23.1 Å². The fraction of sp³-hybridized carbons (Fsp3) is 0.0625. The van der Waals surface area contributed by atoms with Gasteiger partial charge in [-0.15, -0.1) is 0 Å². The molecule has 0 fully saturated rings. The van der Waals surface area contributed by atoms with Crippen LogP contribution in [0.15, 0.2) is 58.5 Å². The van der Waals surface area contributed by atoms with Crippen molar-refractivity contribution in [1.29, 1.82) is 0 Å². The van der Waals surface area contributed by atoms with E-state index in [4.69, 9.17) is 5.73 Å². The topological polar surface area (TPSA) is 104 Å². The highest BCUT2D eigenvalue weighted by Crippen LogP contribution is 2.23. The number of nitrogens with zero attached hydrogens (tertiary/aromatic N) is 4. The van der Waals surface area contributed by atoms with Crippen LogP contribution in [-0.2, 0) is 15.6 Å². The summed E-state index contributed by atoms with van der Waals surface area (Å²) in [5.41, 5.74) is 7.80. The van der Waals surface area contributed by atoms with Gasteiger partial charge in [-0.2, -0.15) is 16.4 Å². The molecule has 0 saturated carbocycles. The zero-order chi connectivity index (χ0) is 17.4. The fourth-order valence-electron chi connectivity index (χ4n) is 2.56. The molecule has 9 heteroatoms. The number of anilines is 1. The second kappa shape index (κ2) is 5.94. The molecule has 4 rings (SSSR count). The van der Waals surface area contributed by atoms with Crippen molar-refractivity contribution in [3.8, 4) is 5.69 Å². The SMILES string of the molecule is Nc1ncnc2c1cnn2-c1cccc(CS(=O)(=O)c2ccsc2)c1. The number of benzene rings is 1. The predicted molar refractivity (Wildman–Crippen MR) is 96.3 cm³/mol. The van der Waals surface area contributed by atoms with Gasteiger partial charge in [0, 0.05) is 5.38 Å². The molecule has 1 aromatic carbocycles. The van der Waals surface area contributed by atoms with Gasteiger partial charge in [-0.05, 0) is 29.1 Å². The Morgan fingerprint density at radius 2 is 2.08 bits per heavy atom. The fourth-order valence-corrected chi connectivity index (χ4v) is 4.98. The Balaban J connectivity index is 1.73. The first-order chi connectivity index (χ1) is 12.0. The van der Waals surface area contributed by atoms with Crippen LogP contribution in [0.1, 0.15) is 5.56 Å². The molecule has 3 heterocycles. The third-order valence-electron chi connectivity index (χ3n) is 3.76. The molecule has 3 aromatic heterocycles. The minimum Gasteiger partial charge on any atom is -0.383 e. The summed E-state index contributed by atoms with van der Waals surface area (Å²) >= 11 is 1.36. The van der Waals surface area contributed by atoms with Crippen LogP contribution in [0.4, 0.5) is 5.82 Å². The van der Waals surface area contributed by atoms with Crippen LogP contribution in [0, 0.1) is 0 Å². The summed E-state index contributed by atoms with van der Waals surface area (Å²) in [6, 6.07) is 8.82. The molecule has 0 aliphatic carbocycles. The van der Waals surface area contributed by atoms with Crippen LogP contribution in [0.3, 0.4) is 0 Å². The second-order valence-electron chi connectivity index (χ2n) is 5.44. The summed E-state index contributed by atoms with van der Waals surface area (Å²) < 4.78 is 26.5. The van der Waals surface area contributed by atoms with Gasteiger partial charge in [0.25, 0.3) is 0 Å². The van der Waals surface area contributed by atoms with E-state index < -0.39 is 9.84 Å². The van der Waals surface area contributed by atoms with Crippen molar-refractivity contribution in [2.45, 2.75) is 10.6 Å². The smallest absolute Gasteiger partial charge is 0.183 e. The zero-order valence-corrected chi connectivity index (χ0v) is 14.5. The van der Waals surface area contributed by atoms with Crippen LogP contribution < -0.4 is 5.73 Å². The predicted octanol–water partition coefficient (Wildman–Crippen LogP) is 2.43. The van der Waals surface area contributed by atoms with E-state index in [1.807, 2.05) is 6.07 Å². The molecule has 7 nitrogen and oxygen atoms in total. The Hall–Kier alpha value is -2.78. The van der Waals surface area contributed by atoms with Crippen molar-refractivity contribution in [1.82, 2.24) is 19.7 Å². The number of hydrogen-bond acceptors (Lipinski definition) is 7. The van der Waals surface area contributed by atoms with Crippen LogP contribution in [0.5, 0.6) is 0 Å². The standard InChI is InChI=1S/C16H13N5O2S2/c17-15-14-7-20-21(16(14)19-10-18-15)12-3-1-2-11(6-12)9-25(22,23)13-4-5-24-8-13/h1-8,10H,9H2,(H2,17,18,19). The van der Waals surface area contributed by atoms with Gasteiger partial charge in [0.15, 0.2) is 15.5 Å². The first-order valence-corrected chi connectivity index (χ1v) is 9.92. The Bertz CT molecular complexity index is 1150. The molecule has 0 unspecified atom stereocenters. The Morgan fingerprint density at radius 1 is 1.20 bits per heavy atom. The van der Waals surface area contributed by atoms with Gasteiger partial charge in [0.2, 0.25) is 0 Å². The van der Waals surface area contributed by atoms with Crippen molar-refractivity contribution in [2.24, 2.45) is 0 Å². The third-order valence-corrected chi connectivity index (χ3v) is 6.28. The van der Waals surface area contributed by atoms with Gasteiger partial charge in [0.05, 0.1) is 27.9 Å². The Morgan fingerprint density at radius 3 is 2.88 bits per heavy atom. The summed E-state index contributed by atoms with van der Waals surface area (Å²) in [6.45, 7) is 0. The lowest BCUT2D eigenvalue weighted by Crippen LogP contribution is -2.05. The molecule has 0 aliphatic heterocycles. The Labute approximate surface area is 147 Å². The molecule has 4 aromatic rings. The third kappa shape index (κ3) is 2.87. The molecule has 0 bridgehead atoms. The molecule has 0 aliphatic rings. The number of hydrogen-bond donors (Lipinski definition) is 1. The van der Waals surface area contributed by atoms with Gasteiger partial charge < -0.3 is 5.73 Å². The molecule has 2 N–H and O–H groups in total. The van der Waals surface area contributed by atoms with Crippen LogP contribution >= 0.6 is 11.3 Å². The number of fused-ring (bicyclic) bond motifs is 1. The summed E-state index contributed by atoms with van der Waals surface area (Å²) in [6.07, 6.45) is 2.97. The lowest BCUT2D eigenvalue weighted by molar-refractivity contribution is 0.595. The van der Waals surface area contributed by atoms with Crippen molar-refractivity contribution >= 4 is 38.0 Å². The zero-order valence-electron chi connectivity index (χ0n) is 12.9. The molecule has 0 amide bonds. The summed E-state index contributed by atoms with van der Waals surface area (Å²) in [7, 11) is -3.37. The van der Waals surface area contributed by atoms with Gasteiger partial charge in [0.1, 0.15) is 12.1 Å². The highest BCUT2D eigenvalue weighted by molar-refractivity contribution is 7.90. The van der Waals surface area contributed by atoms with E-state index in [0.29, 0.717) is 33.0 Å². The molecule has 0 radical (unpaired) electrons. The number of rotatable bonds is 4. The van der Waals surface area contributed by atoms with E-state index >= 15 is 0 Å². The molecular formula is C16H13N5O2S2. The quantitative estimate of drug-likeness (QED) is 0.591. The van der Waals surface area contributed by atoms with E-state index in [-0.39, 0.29) is 5.75 Å². The molecule has 0 saturated heterocycles. The van der Waals surface area contributed by atoms with E-state index in [2.05, 4.69) is 15.1 Å². The van der Waals surface area contributed by atoms with E-state index in [1.165, 1.54) is 17.7 Å². The van der Waals surface area contributed by atoms with Crippen molar-refractivity contribution in [3.63, 3.8) is 0 Å². The highest BCUT2D eigenvalue weighted by atomic mass is 32.2. The lowest BCUT2D eigenvalue weighted by atomic mass is 10.2. The van der Waals surface area contributed by atoms with Crippen molar-refractivity contribution < 1.29 is 8.42 Å². The van der Waals surface area contributed by atoms with E-state index in [1.54, 1.807) is 45.9 Å². The average Bonchev–Trinajstić information content (AvgIpc) is 3.26. The van der Waals surface area contributed by atoms with Crippen molar-refractivity contribution in [2.75, 3.05) is 5.73 Å². The number of sulfone groups is 1. The molecule has 0 spiro atoms. The van der Waals surface area contributed by atoms with Crippen LogP contribution in [0.25, 0.3) is 16.7 Å². The molecule has 25 heavy (non-hydrogen) atoms. The Kier molecular flexibility index (Phi) is 3.74. The van der Waals surface area contributed by atoms with Gasteiger partial charge in [-0.3, -0.25) is 0 Å². The minimum absolute atomic E-state index is 0.0755. The van der Waals surface area contributed by atoms with E-state index in [9.17, 15) is 8.42 Å². The van der Waals surface area contributed by atoms with Gasteiger partial charge in [-0.1, -0.05) is 12.1 Å². The van der Waals surface area contributed by atoms with E-state index in [0.717, 1.165) is 0 Å². The number of nitrogens with two attached hydrogens (primary N) is 1. The summed E-state index contributed by atoms with van der Waals surface area (Å²) in [4.78, 5) is 8.50. The second-order valence-corrected chi connectivity index (χ2v) is 8.21. The largest absolute Gasteiger partial charge is 0.383 e. The normalized spacial score (nSPS) is 11.8. The number of thiophene rings is 1. The maximum atomic E-state index is 12.5. The maximum Gasteiger partial charge on any atom is 0.183 e. The first-order valence-electron chi connectivity index (χ1n) is 7.33. The average molecular weight is 371 g/mol. The number of aromatic nitrogens is 4. The number of nitrogen functional groups attached to an aromatic ring is 1. The highest BCUT2D eigenvalue weighted by Gasteiger charge is 2.16. The van der Waals surface area contributed by atoms with Crippen molar-refractivity contribution in [3.05, 3.63) is 59.2 Å². The monoisotopic (exact) mass is 371 g/mol. The summed E-state index contributed by atoms with van der Waals surface area (Å²) in [5.74, 6) is 0.279. The molecular weight excluding hydrogens is 358 g/mol. The summed E-state index contributed by atoms with van der Waals surface area (Å²) in [5, 5.41) is 8.34. The molecule has 0 atom stereocenters. The maximum absolute atomic E-state index is 12.5. The van der Waals surface area contributed by atoms with Gasteiger partial charge >= 0.3 is 0 Å². The lowest BCUT2D eigenvalue weighted by Gasteiger charge is -2.07. The van der Waals surface area contributed by atoms with Crippen LogP contribution in [-0.4, -0.2) is 28.2 Å². The molecule has 126 valence electrons.